The highest BCUT2D eigenvalue weighted by Crippen LogP contribution is 2.26. The van der Waals surface area contributed by atoms with Gasteiger partial charge in [0.1, 0.15) is 5.75 Å². The number of aromatic nitrogens is 2. The summed E-state index contributed by atoms with van der Waals surface area (Å²) in [6.07, 6.45) is 1.72. The summed E-state index contributed by atoms with van der Waals surface area (Å²) < 4.78 is 5.23. The summed E-state index contributed by atoms with van der Waals surface area (Å²) in [5, 5.41) is 3.87. The van der Waals surface area contributed by atoms with Crippen molar-refractivity contribution in [1.82, 2.24) is 15.3 Å². The van der Waals surface area contributed by atoms with Crippen LogP contribution in [0.5, 0.6) is 5.75 Å². The number of carbonyl (C=O) groups excluding carboxylic acids is 1. The number of amides is 1. The van der Waals surface area contributed by atoms with Crippen molar-refractivity contribution in [3.05, 3.63) is 90.3 Å². The lowest BCUT2D eigenvalue weighted by molar-refractivity contribution is 0.0940. The average molecular weight is 383 g/mol. The molecule has 0 aliphatic rings. The van der Waals surface area contributed by atoms with Crippen LogP contribution in [0.3, 0.4) is 0 Å². The summed E-state index contributed by atoms with van der Waals surface area (Å²) >= 11 is 0. The molecule has 1 atom stereocenters. The second-order valence-electron chi connectivity index (χ2n) is 6.75. The van der Waals surface area contributed by atoms with Crippen LogP contribution in [-0.2, 0) is 0 Å². The normalized spacial score (nSPS) is 11.8. The van der Waals surface area contributed by atoms with Crippen LogP contribution in [0, 0.1) is 0 Å². The van der Waals surface area contributed by atoms with Crippen molar-refractivity contribution < 1.29 is 9.53 Å². The lowest BCUT2D eigenvalue weighted by atomic mass is 10.0. The SMILES string of the molecule is COc1ccc(-c2cc(C(=O)NC(C)c3ccccn3)c3ccccc3n2)cc1. The fourth-order valence-electron chi connectivity index (χ4n) is 3.25. The smallest absolute Gasteiger partial charge is 0.252 e. The fraction of sp³-hybridized carbons (Fsp3) is 0.125. The highest BCUT2D eigenvalue weighted by atomic mass is 16.5. The average Bonchev–Trinajstić information content (AvgIpc) is 2.79. The number of nitrogens with one attached hydrogen (secondary N) is 1. The van der Waals surface area contributed by atoms with Crippen LogP contribution in [0.4, 0.5) is 0 Å². The Morgan fingerprint density at radius 3 is 2.48 bits per heavy atom. The molecule has 0 aliphatic carbocycles. The standard InChI is InChI=1S/C24H21N3O2/c1-16(21-8-5-6-14-25-21)26-24(28)20-15-23(17-10-12-18(29-2)13-11-17)27-22-9-4-3-7-19(20)22/h3-16H,1-2H3,(H,26,28). The summed E-state index contributed by atoms with van der Waals surface area (Å²) in [5.41, 5.74) is 3.83. The Labute approximate surface area is 169 Å². The quantitative estimate of drug-likeness (QED) is 0.538. The minimum Gasteiger partial charge on any atom is -0.497 e. The van der Waals surface area contributed by atoms with E-state index < -0.39 is 0 Å². The lowest BCUT2D eigenvalue weighted by Crippen LogP contribution is -2.27. The first kappa shape index (κ1) is 18.6. The minimum absolute atomic E-state index is 0.156. The van der Waals surface area contributed by atoms with E-state index in [0.717, 1.165) is 33.6 Å². The Morgan fingerprint density at radius 2 is 1.76 bits per heavy atom. The van der Waals surface area contributed by atoms with Gasteiger partial charge in [-0.15, -0.1) is 0 Å². The van der Waals surface area contributed by atoms with Crippen molar-refractivity contribution in [1.29, 1.82) is 0 Å². The molecule has 0 fully saturated rings. The monoisotopic (exact) mass is 383 g/mol. The van der Waals surface area contributed by atoms with Crippen molar-refractivity contribution >= 4 is 16.8 Å². The second kappa shape index (κ2) is 8.10. The molecule has 1 unspecified atom stereocenters. The summed E-state index contributed by atoms with van der Waals surface area (Å²) in [7, 11) is 1.63. The number of hydrogen-bond acceptors (Lipinski definition) is 4. The first-order valence-electron chi connectivity index (χ1n) is 9.41. The third-order valence-corrected chi connectivity index (χ3v) is 4.83. The number of ether oxygens (including phenoxy) is 1. The summed E-state index contributed by atoms with van der Waals surface area (Å²) in [6, 6.07) is 22.6. The Hall–Kier alpha value is -3.73. The van der Waals surface area contributed by atoms with Gasteiger partial charge in [0.2, 0.25) is 0 Å². The summed E-state index contributed by atoms with van der Waals surface area (Å²) in [6.45, 7) is 1.92. The molecule has 4 rings (SSSR count). The third-order valence-electron chi connectivity index (χ3n) is 4.83. The third kappa shape index (κ3) is 3.94. The van der Waals surface area contributed by atoms with Crippen molar-refractivity contribution in [2.75, 3.05) is 7.11 Å². The number of hydrogen-bond donors (Lipinski definition) is 1. The fourth-order valence-corrected chi connectivity index (χ4v) is 3.25. The molecular formula is C24H21N3O2. The molecule has 4 aromatic rings. The van der Waals surface area contributed by atoms with Crippen molar-refractivity contribution in [3.63, 3.8) is 0 Å². The molecule has 5 nitrogen and oxygen atoms in total. The molecule has 1 N–H and O–H groups in total. The number of fused-ring (bicyclic) bond motifs is 1. The van der Waals surface area contributed by atoms with Crippen LogP contribution in [-0.4, -0.2) is 23.0 Å². The predicted octanol–water partition coefficient (Wildman–Crippen LogP) is 4.80. The molecule has 2 aromatic heterocycles. The van der Waals surface area contributed by atoms with Crippen molar-refractivity contribution in [2.24, 2.45) is 0 Å². The largest absolute Gasteiger partial charge is 0.497 e. The summed E-state index contributed by atoms with van der Waals surface area (Å²) in [4.78, 5) is 22.2. The van der Waals surface area contributed by atoms with Gasteiger partial charge in [0.05, 0.1) is 35.6 Å². The maximum absolute atomic E-state index is 13.1. The molecule has 2 heterocycles. The number of nitrogens with zero attached hydrogens (tertiary/aromatic N) is 2. The van der Waals surface area contributed by atoms with Gasteiger partial charge >= 0.3 is 0 Å². The van der Waals surface area contributed by atoms with E-state index in [1.54, 1.807) is 13.3 Å². The van der Waals surface area contributed by atoms with E-state index in [2.05, 4.69) is 10.3 Å². The summed E-state index contributed by atoms with van der Waals surface area (Å²) in [5.74, 6) is 0.619. The van der Waals surface area contributed by atoms with Gasteiger partial charge in [0.25, 0.3) is 5.91 Å². The van der Waals surface area contributed by atoms with E-state index in [-0.39, 0.29) is 11.9 Å². The van der Waals surface area contributed by atoms with Crippen molar-refractivity contribution in [2.45, 2.75) is 13.0 Å². The van der Waals surface area contributed by atoms with E-state index in [1.807, 2.05) is 79.7 Å². The van der Waals surface area contributed by atoms with Gasteiger partial charge in [-0.05, 0) is 55.5 Å². The van der Waals surface area contributed by atoms with Crippen molar-refractivity contribution in [3.8, 4) is 17.0 Å². The Bertz CT molecular complexity index is 1140. The highest BCUT2D eigenvalue weighted by molar-refractivity contribution is 6.07. The van der Waals surface area contributed by atoms with Gasteiger partial charge in [0, 0.05) is 17.1 Å². The molecule has 0 radical (unpaired) electrons. The van der Waals surface area contributed by atoms with E-state index in [9.17, 15) is 4.79 Å². The van der Waals surface area contributed by atoms with Crippen LogP contribution in [0.15, 0.2) is 79.0 Å². The van der Waals surface area contributed by atoms with Gasteiger partial charge in [-0.25, -0.2) is 4.98 Å². The molecule has 0 bridgehead atoms. The van der Waals surface area contributed by atoms with Gasteiger partial charge in [-0.2, -0.15) is 0 Å². The molecule has 29 heavy (non-hydrogen) atoms. The van der Waals surface area contributed by atoms with Crippen LogP contribution >= 0.6 is 0 Å². The number of pyridine rings is 2. The minimum atomic E-state index is -0.208. The first-order valence-corrected chi connectivity index (χ1v) is 9.41. The van der Waals surface area contributed by atoms with Gasteiger partial charge in [0.15, 0.2) is 0 Å². The zero-order valence-corrected chi connectivity index (χ0v) is 16.3. The highest BCUT2D eigenvalue weighted by Gasteiger charge is 2.17. The number of benzene rings is 2. The maximum atomic E-state index is 13.1. The van der Waals surface area contributed by atoms with E-state index >= 15 is 0 Å². The number of para-hydroxylation sites is 1. The maximum Gasteiger partial charge on any atom is 0.252 e. The molecule has 5 heteroatoms. The predicted molar refractivity (Wildman–Crippen MR) is 114 cm³/mol. The Morgan fingerprint density at radius 1 is 1.00 bits per heavy atom. The number of carbonyl (C=O) groups is 1. The molecule has 1 amide bonds. The van der Waals surface area contributed by atoms with E-state index in [1.165, 1.54) is 0 Å². The van der Waals surface area contributed by atoms with Crippen LogP contribution < -0.4 is 10.1 Å². The second-order valence-corrected chi connectivity index (χ2v) is 6.75. The molecule has 0 saturated carbocycles. The van der Waals surface area contributed by atoms with Gasteiger partial charge in [-0.1, -0.05) is 24.3 Å². The van der Waals surface area contributed by atoms with E-state index in [0.29, 0.717) is 5.56 Å². The Balaban J connectivity index is 1.73. The first-order chi connectivity index (χ1) is 14.2. The topological polar surface area (TPSA) is 64.1 Å². The molecule has 0 saturated heterocycles. The van der Waals surface area contributed by atoms with Gasteiger partial charge < -0.3 is 10.1 Å². The molecule has 0 aliphatic heterocycles. The molecular weight excluding hydrogens is 362 g/mol. The lowest BCUT2D eigenvalue weighted by Gasteiger charge is -2.15. The van der Waals surface area contributed by atoms with Crippen LogP contribution in [0.25, 0.3) is 22.2 Å². The molecule has 0 spiro atoms. The number of rotatable bonds is 5. The zero-order valence-electron chi connectivity index (χ0n) is 16.3. The van der Waals surface area contributed by atoms with Crippen LogP contribution in [0.2, 0.25) is 0 Å². The van der Waals surface area contributed by atoms with E-state index in [4.69, 9.17) is 9.72 Å². The van der Waals surface area contributed by atoms with Gasteiger partial charge in [-0.3, -0.25) is 9.78 Å². The zero-order chi connectivity index (χ0) is 20.2. The van der Waals surface area contributed by atoms with Crippen LogP contribution in [0.1, 0.15) is 29.0 Å². The molecule has 144 valence electrons. The molecule has 2 aromatic carbocycles. The number of methoxy groups -OCH3 is 1. The Kier molecular flexibility index (Phi) is 5.20.